The van der Waals surface area contributed by atoms with E-state index in [1.165, 1.54) is 11.1 Å². The number of hydrogen-bond acceptors (Lipinski definition) is 2. The molecule has 2 atom stereocenters. The molecule has 0 bridgehead atoms. The Hall–Kier alpha value is -1.35. The van der Waals surface area contributed by atoms with Crippen molar-refractivity contribution in [2.75, 3.05) is 6.61 Å². The molecule has 106 valence electrons. The maximum absolute atomic E-state index is 9.54. The summed E-state index contributed by atoms with van der Waals surface area (Å²) in [4.78, 5) is 0. The highest BCUT2D eigenvalue weighted by atomic mass is 35.5. The van der Waals surface area contributed by atoms with Crippen LogP contribution in [0.5, 0.6) is 0 Å². The van der Waals surface area contributed by atoms with Gasteiger partial charge in [-0.3, -0.25) is 0 Å². The molecule has 0 amide bonds. The van der Waals surface area contributed by atoms with Gasteiger partial charge in [-0.15, -0.1) is 0 Å². The zero-order valence-electron chi connectivity index (χ0n) is 11.6. The molecule has 0 fully saturated rings. The molecule has 0 aromatic heterocycles. The van der Waals surface area contributed by atoms with Gasteiger partial charge >= 0.3 is 0 Å². The number of nitrogens with one attached hydrogen (secondary N) is 1. The van der Waals surface area contributed by atoms with Gasteiger partial charge in [0.05, 0.1) is 6.61 Å². The molecule has 0 spiro atoms. The Balaban J connectivity index is 1.97. The van der Waals surface area contributed by atoms with Crippen molar-refractivity contribution >= 4 is 11.6 Å². The van der Waals surface area contributed by atoms with Crippen LogP contribution in [-0.4, -0.2) is 17.8 Å². The van der Waals surface area contributed by atoms with Crippen molar-refractivity contribution in [2.45, 2.75) is 25.4 Å². The minimum absolute atomic E-state index is 0.0445. The summed E-state index contributed by atoms with van der Waals surface area (Å²) in [6.45, 7) is 2.21. The molecule has 2 aromatic carbocycles. The monoisotopic (exact) mass is 289 g/mol. The largest absolute Gasteiger partial charge is 0.395 e. The highest BCUT2D eigenvalue weighted by molar-refractivity contribution is 6.30. The molecule has 3 heteroatoms. The minimum Gasteiger partial charge on any atom is -0.395 e. The number of benzene rings is 2. The Morgan fingerprint density at radius 3 is 2.30 bits per heavy atom. The van der Waals surface area contributed by atoms with E-state index >= 15 is 0 Å². The van der Waals surface area contributed by atoms with E-state index in [1.807, 2.05) is 42.5 Å². The first-order chi connectivity index (χ1) is 9.69. The van der Waals surface area contributed by atoms with Crippen LogP contribution in [-0.2, 0) is 6.42 Å². The predicted octanol–water partition coefficient (Wildman–Crippen LogP) is 3.59. The topological polar surface area (TPSA) is 32.3 Å². The lowest BCUT2D eigenvalue weighted by molar-refractivity contribution is 0.232. The molecule has 2 aromatic rings. The van der Waals surface area contributed by atoms with Crippen molar-refractivity contribution in [1.82, 2.24) is 5.32 Å². The fourth-order valence-electron chi connectivity index (χ4n) is 2.28. The zero-order chi connectivity index (χ0) is 14.4. The fourth-order valence-corrected chi connectivity index (χ4v) is 2.40. The van der Waals surface area contributed by atoms with E-state index in [-0.39, 0.29) is 18.7 Å². The number of hydrogen-bond donors (Lipinski definition) is 2. The molecule has 0 radical (unpaired) electrons. The Morgan fingerprint density at radius 2 is 1.70 bits per heavy atom. The molecular formula is C17H20ClNO. The van der Waals surface area contributed by atoms with E-state index in [1.54, 1.807) is 0 Å². The van der Waals surface area contributed by atoms with Gasteiger partial charge in [-0.25, -0.2) is 0 Å². The third-order valence-corrected chi connectivity index (χ3v) is 3.65. The van der Waals surface area contributed by atoms with E-state index < -0.39 is 0 Å². The van der Waals surface area contributed by atoms with Crippen LogP contribution >= 0.6 is 11.6 Å². The Kier molecular flexibility index (Phi) is 5.60. The normalized spacial score (nSPS) is 13.9. The maximum Gasteiger partial charge on any atom is 0.0588 e. The van der Waals surface area contributed by atoms with Crippen LogP contribution in [0.1, 0.15) is 24.1 Å². The second-order valence-corrected chi connectivity index (χ2v) is 5.45. The van der Waals surface area contributed by atoms with Gasteiger partial charge in [-0.2, -0.15) is 0 Å². The summed E-state index contributed by atoms with van der Waals surface area (Å²) in [5, 5.41) is 13.7. The smallest absolute Gasteiger partial charge is 0.0588 e. The van der Waals surface area contributed by atoms with Crippen LogP contribution in [0.25, 0.3) is 0 Å². The molecule has 1 unspecified atom stereocenters. The van der Waals surface area contributed by atoms with Crippen molar-refractivity contribution in [3.8, 4) is 0 Å². The molecule has 0 saturated carbocycles. The first-order valence-electron chi connectivity index (χ1n) is 6.85. The average molecular weight is 290 g/mol. The lowest BCUT2D eigenvalue weighted by Crippen LogP contribution is -2.36. The summed E-state index contributed by atoms with van der Waals surface area (Å²) in [7, 11) is 0. The van der Waals surface area contributed by atoms with E-state index in [0.717, 1.165) is 11.4 Å². The van der Waals surface area contributed by atoms with Crippen LogP contribution in [0, 0.1) is 0 Å². The van der Waals surface area contributed by atoms with Gasteiger partial charge < -0.3 is 10.4 Å². The van der Waals surface area contributed by atoms with Gasteiger partial charge in [0.15, 0.2) is 0 Å². The molecule has 0 aliphatic heterocycles. The SMILES string of the molecule is CC(N[C@H](CO)Cc1ccccc1)c1ccc(Cl)cc1. The molecule has 20 heavy (non-hydrogen) atoms. The van der Waals surface area contributed by atoms with Crippen LogP contribution in [0.3, 0.4) is 0 Å². The summed E-state index contributed by atoms with van der Waals surface area (Å²) < 4.78 is 0. The van der Waals surface area contributed by atoms with E-state index in [2.05, 4.69) is 24.4 Å². The molecule has 0 aliphatic carbocycles. The summed E-state index contributed by atoms with van der Waals surface area (Å²) in [5.41, 5.74) is 2.39. The van der Waals surface area contributed by atoms with Crippen molar-refractivity contribution in [3.05, 3.63) is 70.7 Å². The first kappa shape index (κ1) is 15.0. The third-order valence-electron chi connectivity index (χ3n) is 3.40. The van der Waals surface area contributed by atoms with Gasteiger partial charge in [-0.1, -0.05) is 54.1 Å². The van der Waals surface area contributed by atoms with Crippen LogP contribution in [0.4, 0.5) is 0 Å². The van der Waals surface area contributed by atoms with Gasteiger partial charge in [-0.05, 0) is 36.6 Å². The Bertz CT molecular complexity index is 512. The van der Waals surface area contributed by atoms with Gasteiger partial charge in [0.1, 0.15) is 0 Å². The molecule has 2 nitrogen and oxygen atoms in total. The molecule has 2 rings (SSSR count). The van der Waals surface area contributed by atoms with Crippen LogP contribution < -0.4 is 5.32 Å². The molecule has 2 N–H and O–H groups in total. The van der Waals surface area contributed by atoms with Crippen molar-refractivity contribution < 1.29 is 5.11 Å². The van der Waals surface area contributed by atoms with Crippen molar-refractivity contribution in [1.29, 1.82) is 0 Å². The first-order valence-corrected chi connectivity index (χ1v) is 7.23. The summed E-state index contributed by atoms with van der Waals surface area (Å²) in [6.07, 6.45) is 0.815. The second kappa shape index (κ2) is 7.44. The lowest BCUT2D eigenvalue weighted by Gasteiger charge is -2.22. The van der Waals surface area contributed by atoms with Crippen LogP contribution in [0.15, 0.2) is 54.6 Å². The van der Waals surface area contributed by atoms with E-state index in [4.69, 9.17) is 11.6 Å². The van der Waals surface area contributed by atoms with E-state index in [9.17, 15) is 5.11 Å². The summed E-state index contributed by atoms with van der Waals surface area (Å²) >= 11 is 5.90. The van der Waals surface area contributed by atoms with Gasteiger partial charge in [0, 0.05) is 17.1 Å². The molecule has 0 saturated heterocycles. The standard InChI is InChI=1S/C17H20ClNO/c1-13(15-7-9-16(18)10-8-15)19-17(12-20)11-14-5-3-2-4-6-14/h2-10,13,17,19-20H,11-12H2,1H3/t13?,17-/m0/s1. The summed E-state index contributed by atoms with van der Waals surface area (Å²) in [5.74, 6) is 0. The zero-order valence-corrected chi connectivity index (χ0v) is 12.3. The lowest BCUT2D eigenvalue weighted by atomic mass is 10.0. The van der Waals surface area contributed by atoms with Gasteiger partial charge in [0.2, 0.25) is 0 Å². The number of aliphatic hydroxyl groups excluding tert-OH is 1. The van der Waals surface area contributed by atoms with Crippen LogP contribution in [0.2, 0.25) is 5.02 Å². The maximum atomic E-state index is 9.54. The second-order valence-electron chi connectivity index (χ2n) is 5.01. The number of halogens is 1. The van der Waals surface area contributed by atoms with Gasteiger partial charge in [0.25, 0.3) is 0 Å². The molecule has 0 heterocycles. The highest BCUT2D eigenvalue weighted by Crippen LogP contribution is 2.17. The highest BCUT2D eigenvalue weighted by Gasteiger charge is 2.13. The predicted molar refractivity (Wildman–Crippen MR) is 84.0 cm³/mol. The number of rotatable bonds is 6. The molecular weight excluding hydrogens is 270 g/mol. The van der Waals surface area contributed by atoms with E-state index in [0.29, 0.717) is 0 Å². The summed E-state index contributed by atoms with van der Waals surface area (Å²) in [6, 6.07) is 18.2. The third kappa shape index (κ3) is 4.34. The van der Waals surface area contributed by atoms with Crippen molar-refractivity contribution in [3.63, 3.8) is 0 Å². The quantitative estimate of drug-likeness (QED) is 0.852. The minimum atomic E-state index is 0.0445. The number of aliphatic hydroxyl groups is 1. The Labute approximate surface area is 125 Å². The average Bonchev–Trinajstić information content (AvgIpc) is 2.48. The molecule has 0 aliphatic rings. The van der Waals surface area contributed by atoms with Crippen molar-refractivity contribution in [2.24, 2.45) is 0 Å². The fraction of sp³-hybridized carbons (Fsp3) is 0.294. The Morgan fingerprint density at radius 1 is 1.05 bits per heavy atom.